The molecule has 0 radical (unpaired) electrons. The largest absolute Gasteiger partial charge is 0.393 e. The zero-order chi connectivity index (χ0) is 26.0. The van der Waals surface area contributed by atoms with E-state index in [2.05, 4.69) is 4.98 Å². The molecule has 0 fully saturated rings. The lowest BCUT2D eigenvalue weighted by atomic mass is 9.97. The van der Waals surface area contributed by atoms with Gasteiger partial charge in [0.2, 0.25) is 0 Å². The number of benzene rings is 2. The van der Waals surface area contributed by atoms with Crippen molar-refractivity contribution >= 4 is 28.5 Å². The van der Waals surface area contributed by atoms with Crippen molar-refractivity contribution in [2.75, 3.05) is 7.05 Å². The Morgan fingerprint density at radius 3 is 1.97 bits per heavy atom. The summed E-state index contributed by atoms with van der Waals surface area (Å²) in [5.41, 5.74) is 2.29. The first kappa shape index (κ1) is 27.0. The highest BCUT2D eigenvalue weighted by atomic mass is 127. The summed E-state index contributed by atoms with van der Waals surface area (Å²) in [6.07, 6.45) is -10.4. The summed E-state index contributed by atoms with van der Waals surface area (Å²) < 4.78 is 78.3. The lowest BCUT2D eigenvalue weighted by molar-refractivity contribution is -0.127. The fourth-order valence-corrected chi connectivity index (χ4v) is 4.30. The van der Waals surface area contributed by atoms with E-state index in [1.165, 1.54) is 30.3 Å². The van der Waals surface area contributed by atoms with Gasteiger partial charge in [0.1, 0.15) is 3.70 Å². The summed E-state index contributed by atoms with van der Waals surface area (Å²) in [5.74, 6) is -0.453. The van der Waals surface area contributed by atoms with Crippen molar-refractivity contribution < 1.29 is 31.1 Å². The molecule has 0 bridgehead atoms. The number of pyridine rings is 1. The van der Waals surface area contributed by atoms with E-state index < -0.39 is 31.1 Å². The number of carbonyl (C=O) groups excluding carboxylic acids is 1. The minimum atomic E-state index is -4.58. The van der Waals surface area contributed by atoms with Crippen LogP contribution in [0.4, 0.5) is 26.3 Å². The van der Waals surface area contributed by atoms with Gasteiger partial charge in [-0.2, -0.15) is 26.3 Å². The number of rotatable bonds is 6. The SMILES string of the molecule is Cc1ccccc1-c1cc(I)ncc1C(=O)N(C)Cc1cc(CC(F)(F)F)cc(CC(F)(F)F)c1. The third-order valence-electron chi connectivity index (χ3n) is 5.22. The quantitative estimate of drug-likeness (QED) is 0.170. The van der Waals surface area contributed by atoms with Gasteiger partial charge in [0.25, 0.3) is 5.91 Å². The van der Waals surface area contributed by atoms with Crippen LogP contribution in [0.5, 0.6) is 0 Å². The maximum Gasteiger partial charge on any atom is 0.393 e. The standard InChI is InChI=1S/C25H21F6IN2O/c1-15-5-3-4-6-19(15)20-10-22(32)33-13-21(20)23(35)34(2)14-18-8-16(11-24(26,27)28)7-17(9-18)12-25(29,30)31/h3-10,13H,11-12,14H2,1-2H3. The highest BCUT2D eigenvalue weighted by Crippen LogP contribution is 2.30. The molecule has 0 atom stereocenters. The third-order valence-corrected chi connectivity index (χ3v) is 5.81. The fourth-order valence-electron chi connectivity index (χ4n) is 3.85. The van der Waals surface area contributed by atoms with Gasteiger partial charge in [-0.25, -0.2) is 4.98 Å². The van der Waals surface area contributed by atoms with E-state index in [-0.39, 0.29) is 28.8 Å². The highest BCUT2D eigenvalue weighted by Gasteiger charge is 2.31. The Hall–Kier alpha value is -2.63. The predicted octanol–water partition coefficient (Wildman–Crippen LogP) is 7.14. The molecule has 0 aliphatic rings. The average Bonchev–Trinajstić information content (AvgIpc) is 2.70. The number of aromatic nitrogens is 1. The molecule has 0 unspecified atom stereocenters. The number of carbonyl (C=O) groups is 1. The molecule has 1 amide bonds. The van der Waals surface area contributed by atoms with Gasteiger partial charge in [0.15, 0.2) is 0 Å². The van der Waals surface area contributed by atoms with Crippen molar-refractivity contribution in [3.05, 3.63) is 86.2 Å². The molecule has 0 aliphatic heterocycles. The van der Waals surface area contributed by atoms with E-state index in [1.807, 2.05) is 53.8 Å². The van der Waals surface area contributed by atoms with Gasteiger partial charge >= 0.3 is 12.4 Å². The minimum absolute atomic E-state index is 0.172. The molecule has 3 aromatic rings. The van der Waals surface area contributed by atoms with Gasteiger partial charge < -0.3 is 4.90 Å². The normalized spacial score (nSPS) is 12.0. The Kier molecular flexibility index (Phi) is 8.13. The maximum absolute atomic E-state index is 13.3. The van der Waals surface area contributed by atoms with Crippen molar-refractivity contribution in [3.63, 3.8) is 0 Å². The molecule has 2 aromatic carbocycles. The molecular formula is C25H21F6IN2O. The van der Waals surface area contributed by atoms with Crippen LogP contribution in [0.3, 0.4) is 0 Å². The smallest absolute Gasteiger partial charge is 0.337 e. The van der Waals surface area contributed by atoms with E-state index in [4.69, 9.17) is 0 Å². The highest BCUT2D eigenvalue weighted by molar-refractivity contribution is 14.1. The topological polar surface area (TPSA) is 33.2 Å². The summed E-state index contributed by atoms with van der Waals surface area (Å²) in [4.78, 5) is 18.8. The Labute approximate surface area is 212 Å². The van der Waals surface area contributed by atoms with Gasteiger partial charge in [-0.3, -0.25) is 4.79 Å². The summed E-state index contributed by atoms with van der Waals surface area (Å²) in [5, 5.41) is 0. The number of hydrogen-bond donors (Lipinski definition) is 0. The molecule has 0 saturated heterocycles. The first-order valence-corrected chi connectivity index (χ1v) is 11.5. The molecule has 0 spiro atoms. The fraction of sp³-hybridized carbons (Fsp3) is 0.280. The molecule has 10 heteroatoms. The van der Waals surface area contributed by atoms with Crippen LogP contribution in [0.15, 0.2) is 54.7 Å². The van der Waals surface area contributed by atoms with Crippen LogP contribution >= 0.6 is 22.6 Å². The molecule has 1 aromatic heterocycles. The van der Waals surface area contributed by atoms with Crippen molar-refractivity contribution in [2.45, 2.75) is 38.7 Å². The first-order valence-electron chi connectivity index (χ1n) is 10.4. The molecule has 35 heavy (non-hydrogen) atoms. The molecule has 0 N–H and O–H groups in total. The van der Waals surface area contributed by atoms with E-state index in [1.54, 1.807) is 6.07 Å². The number of alkyl halides is 6. The van der Waals surface area contributed by atoms with Crippen LogP contribution in [-0.2, 0) is 19.4 Å². The van der Waals surface area contributed by atoms with Gasteiger partial charge in [0.05, 0.1) is 18.4 Å². The molecule has 3 nitrogen and oxygen atoms in total. The number of amides is 1. The van der Waals surface area contributed by atoms with Gasteiger partial charge in [0, 0.05) is 19.8 Å². The molecule has 0 saturated carbocycles. The van der Waals surface area contributed by atoms with Crippen LogP contribution < -0.4 is 0 Å². The Balaban J connectivity index is 1.94. The second-order valence-electron chi connectivity index (χ2n) is 8.27. The Bertz CT molecular complexity index is 1190. The summed E-state index contributed by atoms with van der Waals surface area (Å²) in [6, 6.07) is 12.5. The summed E-state index contributed by atoms with van der Waals surface area (Å²) in [6.45, 7) is 1.73. The molecule has 3 rings (SSSR count). The number of hydrogen-bond acceptors (Lipinski definition) is 2. The molecule has 1 heterocycles. The van der Waals surface area contributed by atoms with E-state index in [0.29, 0.717) is 9.26 Å². The van der Waals surface area contributed by atoms with Crippen LogP contribution in [0.25, 0.3) is 11.1 Å². The van der Waals surface area contributed by atoms with Crippen LogP contribution in [0.1, 0.15) is 32.6 Å². The predicted molar refractivity (Wildman–Crippen MR) is 129 cm³/mol. The van der Waals surface area contributed by atoms with Gasteiger partial charge in [-0.05, 0) is 69.0 Å². The maximum atomic E-state index is 13.3. The van der Waals surface area contributed by atoms with Crippen molar-refractivity contribution in [2.24, 2.45) is 0 Å². The zero-order valence-electron chi connectivity index (χ0n) is 18.8. The summed E-state index contributed by atoms with van der Waals surface area (Å²) in [7, 11) is 1.45. The average molecular weight is 606 g/mol. The second-order valence-corrected chi connectivity index (χ2v) is 9.38. The van der Waals surface area contributed by atoms with Crippen LogP contribution in [0.2, 0.25) is 0 Å². The molecular weight excluding hydrogens is 585 g/mol. The Morgan fingerprint density at radius 2 is 1.43 bits per heavy atom. The number of halogens is 7. The van der Waals surface area contributed by atoms with E-state index in [9.17, 15) is 31.1 Å². The van der Waals surface area contributed by atoms with E-state index >= 15 is 0 Å². The van der Waals surface area contributed by atoms with Crippen molar-refractivity contribution in [1.82, 2.24) is 9.88 Å². The van der Waals surface area contributed by atoms with Gasteiger partial charge in [-0.15, -0.1) is 0 Å². The third kappa shape index (κ3) is 7.68. The lowest BCUT2D eigenvalue weighted by Crippen LogP contribution is -2.27. The monoisotopic (exact) mass is 606 g/mol. The Morgan fingerprint density at radius 1 is 0.886 bits per heavy atom. The first-order chi connectivity index (χ1) is 16.2. The minimum Gasteiger partial charge on any atom is -0.337 e. The molecule has 186 valence electrons. The van der Waals surface area contributed by atoms with E-state index in [0.717, 1.165) is 17.2 Å². The molecule has 0 aliphatic carbocycles. The van der Waals surface area contributed by atoms with Crippen LogP contribution in [0, 0.1) is 10.6 Å². The lowest BCUT2D eigenvalue weighted by Gasteiger charge is -2.21. The van der Waals surface area contributed by atoms with Crippen molar-refractivity contribution in [3.8, 4) is 11.1 Å². The van der Waals surface area contributed by atoms with Gasteiger partial charge in [-0.1, -0.05) is 42.5 Å². The zero-order valence-corrected chi connectivity index (χ0v) is 20.9. The van der Waals surface area contributed by atoms with Crippen molar-refractivity contribution in [1.29, 1.82) is 0 Å². The number of nitrogens with zero attached hydrogens (tertiary/aromatic N) is 2. The van der Waals surface area contributed by atoms with Crippen LogP contribution in [-0.4, -0.2) is 35.2 Å². The number of aryl methyl sites for hydroxylation is 1. The second kappa shape index (κ2) is 10.5. The summed E-state index contributed by atoms with van der Waals surface area (Å²) >= 11 is 2.03.